The molecular formula is C12H19FN2O3S. The van der Waals surface area contributed by atoms with Crippen LogP contribution in [0.5, 0.6) is 0 Å². The molecule has 1 aromatic rings. The van der Waals surface area contributed by atoms with Crippen LogP contribution in [0.3, 0.4) is 0 Å². The molecule has 0 spiro atoms. The molecular weight excluding hydrogens is 271 g/mol. The van der Waals surface area contributed by atoms with E-state index in [1.54, 1.807) is 14.2 Å². The number of nitrogens with one attached hydrogen (secondary N) is 2. The minimum Gasteiger partial charge on any atom is -0.385 e. The molecule has 5 nitrogen and oxygen atoms in total. The van der Waals surface area contributed by atoms with Gasteiger partial charge in [-0.15, -0.1) is 0 Å². The van der Waals surface area contributed by atoms with Crippen LogP contribution in [0.15, 0.2) is 23.1 Å². The lowest BCUT2D eigenvalue weighted by molar-refractivity contribution is 0.196. The van der Waals surface area contributed by atoms with Gasteiger partial charge >= 0.3 is 0 Å². The van der Waals surface area contributed by atoms with Crippen LogP contribution in [0.1, 0.15) is 12.0 Å². The molecule has 108 valence electrons. The van der Waals surface area contributed by atoms with E-state index < -0.39 is 15.8 Å². The minimum atomic E-state index is -3.70. The van der Waals surface area contributed by atoms with E-state index in [1.165, 1.54) is 12.1 Å². The number of benzene rings is 1. The number of sulfonamides is 1. The Balaban J connectivity index is 2.89. The van der Waals surface area contributed by atoms with E-state index in [-0.39, 0.29) is 11.4 Å². The first-order chi connectivity index (χ1) is 9.01. The van der Waals surface area contributed by atoms with Crippen molar-refractivity contribution >= 4 is 10.0 Å². The lowest BCUT2D eigenvalue weighted by atomic mass is 10.2. The zero-order chi connectivity index (χ0) is 14.3. The van der Waals surface area contributed by atoms with Gasteiger partial charge in [0.15, 0.2) is 0 Å². The summed E-state index contributed by atoms with van der Waals surface area (Å²) in [5, 5.41) is 2.86. The summed E-state index contributed by atoms with van der Waals surface area (Å²) in [6.45, 7) is 1.08. The smallest absolute Gasteiger partial charge is 0.240 e. The Morgan fingerprint density at radius 1 is 1.37 bits per heavy atom. The molecule has 1 aromatic carbocycles. The summed E-state index contributed by atoms with van der Waals surface area (Å²) < 4.78 is 44.7. The molecule has 0 heterocycles. The Morgan fingerprint density at radius 2 is 2.11 bits per heavy atom. The quantitative estimate of drug-likeness (QED) is 0.697. The summed E-state index contributed by atoms with van der Waals surface area (Å²) >= 11 is 0. The average Bonchev–Trinajstić information content (AvgIpc) is 2.37. The van der Waals surface area contributed by atoms with Crippen LogP contribution in [0.2, 0.25) is 0 Å². The summed E-state index contributed by atoms with van der Waals surface area (Å²) in [6, 6.07) is 3.75. The first kappa shape index (κ1) is 16.0. The standard InChI is InChI=1S/C12H19FN2O3S/c1-14-9-10-4-5-11(13)8-12(10)19(16,17)15-6-3-7-18-2/h4-5,8,14-15H,3,6-7,9H2,1-2H3. The summed E-state index contributed by atoms with van der Waals surface area (Å²) in [6.07, 6.45) is 0.562. The number of methoxy groups -OCH3 is 1. The molecule has 0 amide bonds. The van der Waals surface area contributed by atoms with Crippen molar-refractivity contribution in [2.24, 2.45) is 0 Å². The van der Waals surface area contributed by atoms with E-state index in [1.807, 2.05) is 0 Å². The van der Waals surface area contributed by atoms with E-state index >= 15 is 0 Å². The molecule has 2 N–H and O–H groups in total. The fraction of sp³-hybridized carbons (Fsp3) is 0.500. The second-order valence-electron chi connectivity index (χ2n) is 4.03. The number of hydrogen-bond acceptors (Lipinski definition) is 4. The van der Waals surface area contributed by atoms with E-state index in [2.05, 4.69) is 10.0 Å². The van der Waals surface area contributed by atoms with Crippen LogP contribution in [0.25, 0.3) is 0 Å². The summed E-state index contributed by atoms with van der Waals surface area (Å²) in [7, 11) is -0.454. The van der Waals surface area contributed by atoms with E-state index in [0.29, 0.717) is 25.1 Å². The monoisotopic (exact) mass is 290 g/mol. The number of ether oxygens (including phenoxy) is 1. The first-order valence-electron chi connectivity index (χ1n) is 5.93. The fourth-order valence-corrected chi connectivity index (χ4v) is 2.94. The van der Waals surface area contributed by atoms with Gasteiger partial charge in [-0.25, -0.2) is 17.5 Å². The Morgan fingerprint density at radius 3 is 2.74 bits per heavy atom. The van der Waals surface area contributed by atoms with Gasteiger partial charge in [0.05, 0.1) is 4.90 Å². The normalized spacial score (nSPS) is 11.7. The molecule has 0 aliphatic heterocycles. The van der Waals surface area contributed by atoms with Crippen LogP contribution in [-0.4, -0.2) is 35.7 Å². The highest BCUT2D eigenvalue weighted by molar-refractivity contribution is 7.89. The molecule has 0 aliphatic rings. The molecule has 0 unspecified atom stereocenters. The molecule has 0 fully saturated rings. The van der Waals surface area contributed by atoms with Gasteiger partial charge in [0.2, 0.25) is 10.0 Å². The second-order valence-corrected chi connectivity index (χ2v) is 5.76. The number of rotatable bonds is 8. The van der Waals surface area contributed by atoms with Gasteiger partial charge in [0.25, 0.3) is 0 Å². The lowest BCUT2D eigenvalue weighted by Gasteiger charge is -2.11. The fourth-order valence-electron chi connectivity index (χ4n) is 1.62. The van der Waals surface area contributed by atoms with Crippen molar-refractivity contribution in [2.75, 3.05) is 27.3 Å². The third-order valence-electron chi connectivity index (χ3n) is 2.50. The number of halogens is 1. The largest absolute Gasteiger partial charge is 0.385 e. The van der Waals surface area contributed by atoms with Crippen molar-refractivity contribution in [3.63, 3.8) is 0 Å². The molecule has 0 aromatic heterocycles. The zero-order valence-electron chi connectivity index (χ0n) is 11.1. The molecule has 0 aliphatic carbocycles. The van der Waals surface area contributed by atoms with Crippen molar-refractivity contribution in [2.45, 2.75) is 17.9 Å². The van der Waals surface area contributed by atoms with Gasteiger partial charge in [0, 0.05) is 26.8 Å². The summed E-state index contributed by atoms with van der Waals surface area (Å²) in [4.78, 5) is -0.0285. The van der Waals surface area contributed by atoms with Crippen LogP contribution < -0.4 is 10.0 Å². The third-order valence-corrected chi connectivity index (χ3v) is 4.05. The Bertz CT molecular complexity index is 506. The second kappa shape index (κ2) is 7.54. The van der Waals surface area contributed by atoms with Crippen LogP contribution in [-0.2, 0) is 21.3 Å². The van der Waals surface area contributed by atoms with Gasteiger partial charge in [-0.2, -0.15) is 0 Å². The SMILES string of the molecule is CNCc1ccc(F)cc1S(=O)(=O)NCCCOC. The molecule has 0 radical (unpaired) electrons. The predicted molar refractivity (Wildman–Crippen MR) is 70.8 cm³/mol. The maximum absolute atomic E-state index is 13.2. The molecule has 1 rings (SSSR count). The average molecular weight is 290 g/mol. The van der Waals surface area contributed by atoms with E-state index in [4.69, 9.17) is 4.74 Å². The minimum absolute atomic E-state index is 0.0285. The van der Waals surface area contributed by atoms with Crippen LogP contribution in [0.4, 0.5) is 4.39 Å². The van der Waals surface area contributed by atoms with E-state index in [0.717, 1.165) is 6.07 Å². The topological polar surface area (TPSA) is 67.4 Å². The van der Waals surface area contributed by atoms with Gasteiger partial charge in [0.1, 0.15) is 5.82 Å². The highest BCUT2D eigenvalue weighted by Gasteiger charge is 2.18. The Hall–Kier alpha value is -1.02. The molecule has 0 bridgehead atoms. The van der Waals surface area contributed by atoms with Crippen molar-refractivity contribution in [3.05, 3.63) is 29.6 Å². The highest BCUT2D eigenvalue weighted by Crippen LogP contribution is 2.17. The molecule has 0 saturated heterocycles. The molecule has 19 heavy (non-hydrogen) atoms. The van der Waals surface area contributed by atoms with Gasteiger partial charge < -0.3 is 10.1 Å². The van der Waals surface area contributed by atoms with Gasteiger partial charge in [-0.05, 0) is 31.2 Å². The maximum atomic E-state index is 13.2. The van der Waals surface area contributed by atoms with Crippen molar-refractivity contribution in [1.82, 2.24) is 10.0 Å². The Labute approximate surface area is 113 Å². The molecule has 7 heteroatoms. The summed E-state index contributed by atoms with van der Waals surface area (Å²) in [5.74, 6) is -0.572. The molecule has 0 atom stereocenters. The first-order valence-corrected chi connectivity index (χ1v) is 7.41. The highest BCUT2D eigenvalue weighted by atomic mass is 32.2. The van der Waals surface area contributed by atoms with Gasteiger partial charge in [-0.1, -0.05) is 6.07 Å². The van der Waals surface area contributed by atoms with Crippen LogP contribution in [0, 0.1) is 5.82 Å². The third kappa shape index (κ3) is 4.87. The van der Waals surface area contributed by atoms with E-state index in [9.17, 15) is 12.8 Å². The van der Waals surface area contributed by atoms with Gasteiger partial charge in [-0.3, -0.25) is 0 Å². The van der Waals surface area contributed by atoms with Crippen molar-refractivity contribution in [3.8, 4) is 0 Å². The zero-order valence-corrected chi connectivity index (χ0v) is 11.9. The number of hydrogen-bond donors (Lipinski definition) is 2. The molecule has 0 saturated carbocycles. The maximum Gasteiger partial charge on any atom is 0.240 e. The van der Waals surface area contributed by atoms with Crippen LogP contribution >= 0.6 is 0 Å². The Kier molecular flexibility index (Phi) is 6.36. The van der Waals surface area contributed by atoms with Crippen molar-refractivity contribution < 1.29 is 17.5 Å². The van der Waals surface area contributed by atoms with Crippen molar-refractivity contribution in [1.29, 1.82) is 0 Å². The predicted octanol–water partition coefficient (Wildman–Crippen LogP) is 0.860. The lowest BCUT2D eigenvalue weighted by Crippen LogP contribution is -2.27. The summed E-state index contributed by atoms with van der Waals surface area (Å²) in [5.41, 5.74) is 0.531.